The van der Waals surface area contributed by atoms with Gasteiger partial charge in [-0.1, -0.05) is 30.3 Å². The lowest BCUT2D eigenvalue weighted by molar-refractivity contribution is -0.122. The first-order valence-electron chi connectivity index (χ1n) is 4.91. The van der Waals surface area contributed by atoms with Gasteiger partial charge in [0.1, 0.15) is 5.76 Å². The first-order valence-corrected chi connectivity index (χ1v) is 4.91. The van der Waals surface area contributed by atoms with E-state index < -0.39 is 0 Å². The van der Waals surface area contributed by atoms with Gasteiger partial charge in [0.15, 0.2) is 11.6 Å². The summed E-state index contributed by atoms with van der Waals surface area (Å²) >= 11 is 0. The van der Waals surface area contributed by atoms with E-state index in [1.54, 1.807) is 24.3 Å². The summed E-state index contributed by atoms with van der Waals surface area (Å²) in [5.41, 5.74) is 0.774. The Labute approximate surface area is 92.7 Å². The molecule has 3 nitrogen and oxygen atoms in total. The van der Waals surface area contributed by atoms with E-state index in [1.165, 1.54) is 12.2 Å². The van der Waals surface area contributed by atoms with E-state index in [-0.39, 0.29) is 29.3 Å². The van der Waals surface area contributed by atoms with E-state index in [1.807, 2.05) is 6.07 Å². The highest BCUT2D eigenvalue weighted by Crippen LogP contribution is 2.20. The number of aliphatic hydroxyl groups is 1. The van der Waals surface area contributed by atoms with E-state index in [0.29, 0.717) is 5.56 Å². The molecule has 0 aromatic heterocycles. The maximum Gasteiger partial charge on any atom is 0.174 e. The van der Waals surface area contributed by atoms with Crippen LogP contribution in [0.2, 0.25) is 0 Å². The van der Waals surface area contributed by atoms with Crippen molar-refractivity contribution in [3.05, 3.63) is 53.6 Å². The second kappa shape index (κ2) is 4.14. The number of ketones is 2. The highest BCUT2D eigenvalue weighted by atomic mass is 16.3. The molecule has 0 bridgehead atoms. The Balaban J connectivity index is 2.46. The Kier molecular flexibility index (Phi) is 2.68. The van der Waals surface area contributed by atoms with Crippen molar-refractivity contribution in [1.82, 2.24) is 0 Å². The quantitative estimate of drug-likeness (QED) is 0.442. The maximum absolute atomic E-state index is 11.5. The molecule has 0 aliphatic heterocycles. The predicted octanol–water partition coefficient (Wildman–Crippen LogP) is 2.05. The number of rotatable bonds is 1. The smallest absolute Gasteiger partial charge is 0.174 e. The van der Waals surface area contributed by atoms with Crippen LogP contribution in [0, 0.1) is 0 Å². The Hall–Kier alpha value is -2.16. The van der Waals surface area contributed by atoms with Gasteiger partial charge in [-0.3, -0.25) is 9.59 Å². The standard InChI is InChI=1S/C13H10O3/c14-10-6-7-11(12(15)8-10)13(16)9-4-2-1-3-5-9/h1-7,16H,8H2. The zero-order valence-corrected chi connectivity index (χ0v) is 8.51. The van der Waals surface area contributed by atoms with Crippen LogP contribution in [0.4, 0.5) is 0 Å². The lowest BCUT2D eigenvalue weighted by Gasteiger charge is -2.09. The lowest BCUT2D eigenvalue weighted by Crippen LogP contribution is -2.13. The Morgan fingerprint density at radius 3 is 2.38 bits per heavy atom. The van der Waals surface area contributed by atoms with E-state index in [0.717, 1.165) is 0 Å². The molecule has 2 rings (SSSR count). The first kappa shape index (κ1) is 10.4. The van der Waals surface area contributed by atoms with Crippen molar-refractivity contribution >= 4 is 17.3 Å². The van der Waals surface area contributed by atoms with Crippen LogP contribution in [-0.2, 0) is 9.59 Å². The highest BCUT2D eigenvalue weighted by Gasteiger charge is 2.20. The lowest BCUT2D eigenvalue weighted by atomic mass is 9.96. The summed E-state index contributed by atoms with van der Waals surface area (Å²) in [6.07, 6.45) is 2.52. The number of Topliss-reactive ketones (excluding diaryl/α,β-unsaturated/α-hetero) is 1. The van der Waals surface area contributed by atoms with Crippen LogP contribution in [0.25, 0.3) is 5.76 Å². The number of carbonyl (C=O) groups excluding carboxylic acids is 2. The van der Waals surface area contributed by atoms with Gasteiger partial charge in [0, 0.05) is 5.56 Å². The third kappa shape index (κ3) is 1.93. The summed E-state index contributed by atoms with van der Waals surface area (Å²) in [7, 11) is 0. The minimum atomic E-state index is -0.339. The minimum absolute atomic E-state index is 0.0747. The molecule has 1 aliphatic carbocycles. The van der Waals surface area contributed by atoms with Gasteiger partial charge in [-0.25, -0.2) is 0 Å². The molecule has 0 spiro atoms. The number of benzene rings is 1. The van der Waals surface area contributed by atoms with Gasteiger partial charge in [-0.2, -0.15) is 0 Å². The molecule has 1 aromatic carbocycles. The Morgan fingerprint density at radius 1 is 1.06 bits per heavy atom. The third-order valence-electron chi connectivity index (χ3n) is 2.37. The molecule has 0 saturated heterocycles. The van der Waals surface area contributed by atoms with Crippen LogP contribution < -0.4 is 0 Å². The normalized spacial score (nSPS) is 18.8. The van der Waals surface area contributed by atoms with Gasteiger partial charge < -0.3 is 5.11 Å². The van der Waals surface area contributed by atoms with Crippen molar-refractivity contribution in [2.45, 2.75) is 6.42 Å². The Morgan fingerprint density at radius 2 is 1.75 bits per heavy atom. The van der Waals surface area contributed by atoms with Crippen molar-refractivity contribution in [1.29, 1.82) is 0 Å². The molecular formula is C13H10O3. The molecule has 80 valence electrons. The van der Waals surface area contributed by atoms with Crippen molar-refractivity contribution in [3.8, 4) is 0 Å². The van der Waals surface area contributed by atoms with E-state index in [4.69, 9.17) is 0 Å². The predicted molar refractivity (Wildman–Crippen MR) is 59.8 cm³/mol. The van der Waals surface area contributed by atoms with Gasteiger partial charge in [0.05, 0.1) is 12.0 Å². The fraction of sp³-hybridized carbons (Fsp3) is 0.0769. The van der Waals surface area contributed by atoms with Crippen LogP contribution in [0.1, 0.15) is 12.0 Å². The number of allylic oxidation sites excluding steroid dienone is 3. The van der Waals surface area contributed by atoms with E-state index in [2.05, 4.69) is 0 Å². The van der Waals surface area contributed by atoms with Gasteiger partial charge >= 0.3 is 0 Å². The number of hydrogen-bond acceptors (Lipinski definition) is 3. The summed E-state index contributed by atoms with van der Waals surface area (Å²) in [5.74, 6) is -0.641. The summed E-state index contributed by atoms with van der Waals surface area (Å²) in [4.78, 5) is 22.5. The fourth-order valence-corrected chi connectivity index (χ4v) is 1.54. The van der Waals surface area contributed by atoms with Crippen LogP contribution in [-0.4, -0.2) is 16.7 Å². The second-order valence-corrected chi connectivity index (χ2v) is 3.53. The summed E-state index contributed by atoms with van der Waals surface area (Å²) < 4.78 is 0. The molecule has 0 unspecified atom stereocenters. The van der Waals surface area contributed by atoms with Gasteiger partial charge in [0.2, 0.25) is 0 Å². The molecule has 0 radical (unpaired) electrons. The van der Waals surface area contributed by atoms with Crippen molar-refractivity contribution in [3.63, 3.8) is 0 Å². The summed E-state index contributed by atoms with van der Waals surface area (Å²) in [6, 6.07) is 8.78. The fourth-order valence-electron chi connectivity index (χ4n) is 1.54. The zero-order valence-electron chi connectivity index (χ0n) is 8.51. The third-order valence-corrected chi connectivity index (χ3v) is 2.37. The molecule has 0 amide bonds. The molecule has 0 heterocycles. The maximum atomic E-state index is 11.5. The van der Waals surface area contributed by atoms with Crippen LogP contribution in [0.5, 0.6) is 0 Å². The highest BCUT2D eigenvalue weighted by molar-refractivity contribution is 6.18. The summed E-state index contributed by atoms with van der Waals surface area (Å²) in [6.45, 7) is 0. The molecule has 1 N–H and O–H groups in total. The van der Waals surface area contributed by atoms with E-state index >= 15 is 0 Å². The van der Waals surface area contributed by atoms with Crippen LogP contribution in [0.15, 0.2) is 48.1 Å². The molecule has 1 aliphatic rings. The SMILES string of the molecule is O=C1C=CC(=C(O)c2ccccc2)C(=O)C1. The molecule has 16 heavy (non-hydrogen) atoms. The average Bonchev–Trinajstić information content (AvgIpc) is 2.29. The van der Waals surface area contributed by atoms with Crippen LogP contribution in [0.3, 0.4) is 0 Å². The van der Waals surface area contributed by atoms with Gasteiger partial charge in [-0.05, 0) is 12.2 Å². The van der Waals surface area contributed by atoms with Crippen LogP contribution >= 0.6 is 0 Å². The molecular weight excluding hydrogens is 204 g/mol. The number of aliphatic hydroxyl groups excluding tert-OH is 1. The van der Waals surface area contributed by atoms with Crippen molar-refractivity contribution in [2.24, 2.45) is 0 Å². The topological polar surface area (TPSA) is 54.4 Å². The molecule has 0 fully saturated rings. The van der Waals surface area contributed by atoms with E-state index in [9.17, 15) is 14.7 Å². The Bertz CT molecular complexity index is 495. The van der Waals surface area contributed by atoms with Crippen molar-refractivity contribution < 1.29 is 14.7 Å². The molecule has 0 saturated carbocycles. The molecule has 1 aromatic rings. The first-order chi connectivity index (χ1) is 7.68. The van der Waals surface area contributed by atoms with Crippen molar-refractivity contribution in [2.75, 3.05) is 0 Å². The second-order valence-electron chi connectivity index (χ2n) is 3.53. The molecule has 0 atom stereocenters. The largest absolute Gasteiger partial charge is 0.507 e. The zero-order chi connectivity index (χ0) is 11.5. The average molecular weight is 214 g/mol. The minimum Gasteiger partial charge on any atom is -0.507 e. The summed E-state index contributed by atoms with van der Waals surface area (Å²) in [5, 5.41) is 9.90. The number of hydrogen-bond donors (Lipinski definition) is 1. The van der Waals surface area contributed by atoms with Gasteiger partial charge in [0.25, 0.3) is 0 Å². The monoisotopic (exact) mass is 214 g/mol. The number of carbonyl (C=O) groups is 2. The molecule has 3 heteroatoms. The van der Waals surface area contributed by atoms with Gasteiger partial charge in [-0.15, -0.1) is 0 Å².